The van der Waals surface area contributed by atoms with Crippen molar-refractivity contribution in [1.29, 1.82) is 0 Å². The molecule has 1 aromatic rings. The summed E-state index contributed by atoms with van der Waals surface area (Å²) in [4.78, 5) is 4.73. The zero-order chi connectivity index (χ0) is 17.8. The van der Waals surface area contributed by atoms with Crippen LogP contribution in [0.3, 0.4) is 0 Å². The van der Waals surface area contributed by atoms with Crippen LogP contribution in [0.15, 0.2) is 18.2 Å². The van der Waals surface area contributed by atoms with Gasteiger partial charge in [-0.2, -0.15) is 0 Å². The third-order valence-electron chi connectivity index (χ3n) is 5.64. The van der Waals surface area contributed by atoms with E-state index in [-0.39, 0.29) is 0 Å². The van der Waals surface area contributed by atoms with Gasteiger partial charge < -0.3 is 14.7 Å². The zero-order valence-electron chi connectivity index (χ0n) is 15.5. The van der Waals surface area contributed by atoms with Crippen LogP contribution in [0.4, 0.5) is 5.69 Å². The summed E-state index contributed by atoms with van der Waals surface area (Å²) in [6.45, 7) is 9.39. The molecule has 4 nitrogen and oxygen atoms in total. The molecule has 0 amide bonds. The number of aryl methyl sites for hydroxylation is 1. The van der Waals surface area contributed by atoms with Crippen molar-refractivity contribution in [2.75, 3.05) is 44.2 Å². The molecule has 0 radical (unpaired) electrons. The Morgan fingerprint density at radius 2 is 2.00 bits per heavy atom. The third-order valence-corrected chi connectivity index (χ3v) is 5.87. The van der Waals surface area contributed by atoms with Crippen molar-refractivity contribution in [3.63, 3.8) is 0 Å². The van der Waals surface area contributed by atoms with Gasteiger partial charge in [0.05, 0.1) is 18.8 Å². The van der Waals surface area contributed by atoms with E-state index in [1.165, 1.54) is 24.1 Å². The van der Waals surface area contributed by atoms with Crippen LogP contribution >= 0.6 is 11.6 Å². The van der Waals surface area contributed by atoms with Gasteiger partial charge in [-0.05, 0) is 43.4 Å². The second kappa shape index (κ2) is 8.72. The van der Waals surface area contributed by atoms with Crippen LogP contribution in [0, 0.1) is 12.8 Å². The molecule has 3 atom stereocenters. The van der Waals surface area contributed by atoms with E-state index in [1.54, 1.807) is 0 Å². The molecule has 1 aromatic carbocycles. The fraction of sp³-hybridized carbons (Fsp3) is 0.700. The maximum absolute atomic E-state index is 10.3. The van der Waals surface area contributed by atoms with Crippen LogP contribution in [0.5, 0.6) is 0 Å². The number of benzene rings is 1. The highest BCUT2D eigenvalue weighted by molar-refractivity contribution is 6.30. The second-order valence-corrected chi connectivity index (χ2v) is 8.09. The molecule has 1 heterocycles. The molecular formula is C20H31ClN2O2. The number of aliphatic hydroxyl groups is 1. The minimum Gasteiger partial charge on any atom is -0.389 e. The SMILES string of the molecule is Cc1ccc(Cl)cc1N1CCN(C[C@H](O)CO[C@@H]2CCC[C@@H]2C)CC1. The second-order valence-electron chi connectivity index (χ2n) is 7.65. The third kappa shape index (κ3) is 5.10. The summed E-state index contributed by atoms with van der Waals surface area (Å²) in [5.41, 5.74) is 2.49. The number of hydrogen-bond donors (Lipinski definition) is 1. The average molecular weight is 367 g/mol. The van der Waals surface area contributed by atoms with Crippen LogP contribution in [0.1, 0.15) is 31.7 Å². The summed E-state index contributed by atoms with van der Waals surface area (Å²) in [7, 11) is 0. The summed E-state index contributed by atoms with van der Waals surface area (Å²) in [6, 6.07) is 6.07. The Balaban J connectivity index is 1.42. The largest absolute Gasteiger partial charge is 0.389 e. The van der Waals surface area contributed by atoms with Gasteiger partial charge in [-0.1, -0.05) is 31.0 Å². The van der Waals surface area contributed by atoms with Crippen molar-refractivity contribution in [3.8, 4) is 0 Å². The highest BCUT2D eigenvalue weighted by Gasteiger charge is 2.26. The number of ether oxygens (including phenoxy) is 1. The lowest BCUT2D eigenvalue weighted by molar-refractivity contribution is -0.0321. The van der Waals surface area contributed by atoms with Crippen LogP contribution in [0.25, 0.3) is 0 Å². The van der Waals surface area contributed by atoms with E-state index in [9.17, 15) is 5.11 Å². The lowest BCUT2D eigenvalue weighted by Crippen LogP contribution is -2.49. The number of anilines is 1. The van der Waals surface area contributed by atoms with Gasteiger partial charge in [0.25, 0.3) is 0 Å². The first-order valence-corrected chi connectivity index (χ1v) is 9.94. The molecule has 0 aromatic heterocycles. The molecule has 0 bridgehead atoms. The van der Waals surface area contributed by atoms with Crippen molar-refractivity contribution < 1.29 is 9.84 Å². The van der Waals surface area contributed by atoms with Gasteiger partial charge in [-0.25, -0.2) is 0 Å². The maximum atomic E-state index is 10.3. The van der Waals surface area contributed by atoms with E-state index in [0.29, 0.717) is 25.2 Å². The van der Waals surface area contributed by atoms with Crippen LogP contribution in [-0.4, -0.2) is 61.5 Å². The zero-order valence-corrected chi connectivity index (χ0v) is 16.2. The van der Waals surface area contributed by atoms with Gasteiger partial charge >= 0.3 is 0 Å². The Hall–Kier alpha value is -0.810. The molecule has 1 aliphatic heterocycles. The number of nitrogens with zero attached hydrogens (tertiary/aromatic N) is 2. The van der Waals surface area contributed by atoms with E-state index in [1.807, 2.05) is 6.07 Å². The summed E-state index contributed by atoms with van der Waals surface area (Å²) in [5, 5.41) is 11.1. The standard InChI is InChI=1S/C20H31ClN2O2/c1-15-6-7-17(21)12-19(15)23-10-8-22(9-11-23)13-18(24)14-25-20-5-3-4-16(20)2/h6-7,12,16,18,20,24H,3-5,8-11,13-14H2,1-2H3/t16-,18-,20+/m0/s1. The summed E-state index contributed by atoms with van der Waals surface area (Å²) in [5.74, 6) is 0.636. The van der Waals surface area contributed by atoms with Gasteiger partial charge in [0, 0.05) is 43.4 Å². The Bertz CT molecular complexity index is 561. The Labute approximate surface area is 156 Å². The van der Waals surface area contributed by atoms with Gasteiger partial charge in [-0.15, -0.1) is 0 Å². The van der Waals surface area contributed by atoms with Crippen molar-refractivity contribution >= 4 is 17.3 Å². The Morgan fingerprint density at radius 3 is 2.68 bits per heavy atom. The number of rotatable bonds is 6. The molecule has 0 spiro atoms. The van der Waals surface area contributed by atoms with E-state index >= 15 is 0 Å². The predicted molar refractivity (Wildman–Crippen MR) is 104 cm³/mol. The van der Waals surface area contributed by atoms with E-state index < -0.39 is 6.10 Å². The molecule has 3 rings (SSSR count). The van der Waals surface area contributed by atoms with E-state index in [2.05, 4.69) is 35.8 Å². The number of hydrogen-bond acceptors (Lipinski definition) is 4. The average Bonchev–Trinajstić information content (AvgIpc) is 3.01. The number of piperazine rings is 1. The van der Waals surface area contributed by atoms with Crippen molar-refractivity contribution in [1.82, 2.24) is 4.90 Å². The molecule has 1 saturated carbocycles. The first-order valence-electron chi connectivity index (χ1n) is 9.56. The summed E-state index contributed by atoms with van der Waals surface area (Å²) in [6.07, 6.45) is 3.61. The first-order chi connectivity index (χ1) is 12.0. The Kier molecular flexibility index (Phi) is 6.61. The lowest BCUT2D eigenvalue weighted by Gasteiger charge is -2.37. The molecular weight excluding hydrogens is 336 g/mol. The van der Waals surface area contributed by atoms with E-state index in [4.69, 9.17) is 16.3 Å². The molecule has 140 valence electrons. The summed E-state index contributed by atoms with van der Waals surface area (Å²) < 4.78 is 5.94. The van der Waals surface area contributed by atoms with Crippen LogP contribution in [0.2, 0.25) is 5.02 Å². The van der Waals surface area contributed by atoms with Gasteiger partial charge in [0.15, 0.2) is 0 Å². The molecule has 2 fully saturated rings. The molecule has 1 N–H and O–H groups in total. The fourth-order valence-electron chi connectivity index (χ4n) is 4.04. The molecule has 1 aliphatic carbocycles. The molecule has 5 heteroatoms. The minimum atomic E-state index is -0.396. The number of halogens is 1. The fourth-order valence-corrected chi connectivity index (χ4v) is 4.21. The number of β-amino-alcohol motifs (C(OH)–C–C–N with tert-alkyl or cyclic N) is 1. The topological polar surface area (TPSA) is 35.9 Å². The van der Waals surface area contributed by atoms with Crippen molar-refractivity contribution in [2.45, 2.75) is 45.3 Å². The smallest absolute Gasteiger partial charge is 0.0900 e. The normalized spacial score (nSPS) is 26.2. The monoisotopic (exact) mass is 366 g/mol. The molecule has 1 saturated heterocycles. The highest BCUT2D eigenvalue weighted by Crippen LogP contribution is 2.28. The predicted octanol–water partition coefficient (Wildman–Crippen LogP) is 3.34. The molecule has 25 heavy (non-hydrogen) atoms. The van der Waals surface area contributed by atoms with E-state index in [0.717, 1.165) is 37.6 Å². The van der Waals surface area contributed by atoms with Gasteiger partial charge in [0.1, 0.15) is 0 Å². The maximum Gasteiger partial charge on any atom is 0.0900 e. The quantitative estimate of drug-likeness (QED) is 0.837. The first kappa shape index (κ1) is 19.0. The van der Waals surface area contributed by atoms with Crippen molar-refractivity contribution in [2.24, 2.45) is 5.92 Å². The lowest BCUT2D eigenvalue weighted by atomic mass is 10.1. The van der Waals surface area contributed by atoms with Gasteiger partial charge in [0.2, 0.25) is 0 Å². The Morgan fingerprint density at radius 1 is 1.24 bits per heavy atom. The van der Waals surface area contributed by atoms with Crippen molar-refractivity contribution in [3.05, 3.63) is 28.8 Å². The molecule has 0 unspecified atom stereocenters. The number of aliphatic hydroxyl groups excluding tert-OH is 1. The molecule has 2 aliphatic rings. The van der Waals surface area contributed by atoms with Gasteiger partial charge in [-0.3, -0.25) is 4.90 Å². The minimum absolute atomic E-state index is 0.345. The van der Waals surface area contributed by atoms with Crippen LogP contribution in [-0.2, 0) is 4.74 Å². The van der Waals surface area contributed by atoms with Crippen LogP contribution < -0.4 is 4.90 Å². The summed E-state index contributed by atoms with van der Waals surface area (Å²) >= 11 is 6.15. The highest BCUT2D eigenvalue weighted by atomic mass is 35.5.